The van der Waals surface area contributed by atoms with Gasteiger partial charge in [-0.2, -0.15) is 0 Å². The van der Waals surface area contributed by atoms with Gasteiger partial charge in [0.2, 0.25) is 5.91 Å². The number of nitro benzene ring substituents is 1. The number of nitro groups is 1. The normalized spacial score (nSPS) is 15.6. The number of carbonyl (C=O) groups is 1. The second kappa shape index (κ2) is 8.49. The van der Waals surface area contributed by atoms with Crippen LogP contribution in [-0.2, 0) is 11.3 Å². The Morgan fingerprint density at radius 3 is 2.55 bits per heavy atom. The molecule has 3 aromatic rings. The summed E-state index contributed by atoms with van der Waals surface area (Å²) in [4.78, 5) is 30.8. The molecule has 0 aromatic heterocycles. The first-order chi connectivity index (χ1) is 14.9. The van der Waals surface area contributed by atoms with Crippen LogP contribution in [-0.4, -0.2) is 35.5 Å². The Bertz CT molecular complexity index is 1170. The molecule has 0 radical (unpaired) electrons. The summed E-state index contributed by atoms with van der Waals surface area (Å²) in [6, 6.07) is 21.7. The third kappa shape index (κ3) is 4.36. The molecule has 0 spiro atoms. The van der Waals surface area contributed by atoms with E-state index in [1.807, 2.05) is 68.7 Å². The molecule has 4 rings (SSSR count). The van der Waals surface area contributed by atoms with Crippen molar-refractivity contribution in [2.24, 2.45) is 4.99 Å². The highest BCUT2D eigenvalue weighted by atomic mass is 16.6. The van der Waals surface area contributed by atoms with Crippen molar-refractivity contribution in [3.8, 4) is 0 Å². The predicted molar refractivity (Wildman–Crippen MR) is 121 cm³/mol. The van der Waals surface area contributed by atoms with E-state index >= 15 is 0 Å². The van der Waals surface area contributed by atoms with Gasteiger partial charge in [0.1, 0.15) is 5.92 Å². The molecule has 31 heavy (non-hydrogen) atoms. The number of benzene rings is 3. The minimum Gasteiger partial charge on any atom is -0.325 e. The number of carbonyl (C=O) groups excluding carboxylic acids is 1. The molecule has 7 heteroatoms. The van der Waals surface area contributed by atoms with Crippen LogP contribution >= 0.6 is 0 Å². The highest BCUT2D eigenvalue weighted by Crippen LogP contribution is 2.38. The van der Waals surface area contributed by atoms with E-state index in [0.29, 0.717) is 17.0 Å². The van der Waals surface area contributed by atoms with Crippen molar-refractivity contribution >= 4 is 28.7 Å². The van der Waals surface area contributed by atoms with Crippen LogP contribution in [0.15, 0.2) is 77.8 Å². The van der Waals surface area contributed by atoms with E-state index in [1.54, 1.807) is 6.07 Å². The van der Waals surface area contributed by atoms with Gasteiger partial charge in [0.25, 0.3) is 5.69 Å². The zero-order valence-corrected chi connectivity index (χ0v) is 17.3. The Kier molecular flexibility index (Phi) is 5.60. The van der Waals surface area contributed by atoms with Crippen LogP contribution in [0.2, 0.25) is 0 Å². The van der Waals surface area contributed by atoms with Crippen LogP contribution in [0.3, 0.4) is 0 Å². The van der Waals surface area contributed by atoms with Gasteiger partial charge in [0.05, 0.1) is 16.3 Å². The van der Waals surface area contributed by atoms with Gasteiger partial charge in [-0.15, -0.1) is 0 Å². The van der Waals surface area contributed by atoms with Crippen LogP contribution in [0.25, 0.3) is 0 Å². The number of rotatable bonds is 6. The van der Waals surface area contributed by atoms with Crippen molar-refractivity contribution in [3.05, 3.63) is 99.6 Å². The molecule has 1 atom stereocenters. The number of amides is 1. The van der Waals surface area contributed by atoms with E-state index in [4.69, 9.17) is 4.99 Å². The van der Waals surface area contributed by atoms with Gasteiger partial charge in [-0.1, -0.05) is 42.5 Å². The molecule has 156 valence electrons. The molecule has 0 aliphatic carbocycles. The average Bonchev–Trinajstić information content (AvgIpc) is 3.07. The van der Waals surface area contributed by atoms with E-state index in [1.165, 1.54) is 12.1 Å². The summed E-state index contributed by atoms with van der Waals surface area (Å²) >= 11 is 0. The Hall–Kier alpha value is -3.84. The minimum atomic E-state index is -0.741. The predicted octanol–water partition coefficient (Wildman–Crippen LogP) is 4.51. The van der Waals surface area contributed by atoms with E-state index in [9.17, 15) is 14.9 Å². The number of aliphatic imine (C=N–C) groups is 1. The lowest BCUT2D eigenvalue weighted by atomic mass is 9.90. The van der Waals surface area contributed by atoms with Gasteiger partial charge in [-0.05, 0) is 43.4 Å². The van der Waals surface area contributed by atoms with Crippen molar-refractivity contribution in [3.63, 3.8) is 0 Å². The topological polar surface area (TPSA) is 87.8 Å². The van der Waals surface area contributed by atoms with E-state index < -0.39 is 10.8 Å². The van der Waals surface area contributed by atoms with Gasteiger partial charge in [-0.3, -0.25) is 19.9 Å². The summed E-state index contributed by atoms with van der Waals surface area (Å²) in [7, 11) is 4.00. The van der Waals surface area contributed by atoms with Crippen LogP contribution < -0.4 is 5.32 Å². The first-order valence-corrected chi connectivity index (χ1v) is 9.89. The SMILES string of the molecule is CN(C)Cc1cccc(N=C(c2ccccc2)C2C(=O)Nc3ccc([N+](=O)[O-])cc32)c1. The molecule has 0 saturated heterocycles. The fourth-order valence-corrected chi connectivity index (χ4v) is 3.77. The summed E-state index contributed by atoms with van der Waals surface area (Å²) in [5.41, 5.74) is 4.26. The molecule has 1 amide bonds. The number of nitrogens with zero attached hydrogens (tertiary/aromatic N) is 3. The third-order valence-electron chi connectivity index (χ3n) is 5.08. The number of fused-ring (bicyclic) bond motifs is 1. The first kappa shape index (κ1) is 20.4. The minimum absolute atomic E-state index is 0.0550. The second-order valence-corrected chi connectivity index (χ2v) is 7.72. The maximum absolute atomic E-state index is 13.0. The van der Waals surface area contributed by atoms with Crippen LogP contribution in [0.1, 0.15) is 22.6 Å². The van der Waals surface area contributed by atoms with Crippen molar-refractivity contribution in [2.75, 3.05) is 19.4 Å². The van der Waals surface area contributed by atoms with Crippen molar-refractivity contribution in [1.29, 1.82) is 0 Å². The van der Waals surface area contributed by atoms with Gasteiger partial charge >= 0.3 is 0 Å². The van der Waals surface area contributed by atoms with Crippen molar-refractivity contribution in [1.82, 2.24) is 4.90 Å². The standard InChI is InChI=1S/C24H22N4O3/c1-27(2)15-16-7-6-10-18(13-16)25-23(17-8-4-3-5-9-17)22-20-14-19(28(30)31)11-12-21(20)26-24(22)29/h3-14,22H,15H2,1-2H3,(H,26,29). The van der Waals surface area contributed by atoms with Crippen molar-refractivity contribution in [2.45, 2.75) is 12.5 Å². The zero-order valence-electron chi connectivity index (χ0n) is 17.3. The highest BCUT2D eigenvalue weighted by molar-refractivity contribution is 6.24. The number of anilines is 1. The van der Waals surface area contributed by atoms with E-state index in [-0.39, 0.29) is 11.6 Å². The van der Waals surface area contributed by atoms with Gasteiger partial charge in [0.15, 0.2) is 0 Å². The molecule has 1 aliphatic rings. The molecular weight excluding hydrogens is 392 g/mol. The Morgan fingerprint density at radius 2 is 1.84 bits per heavy atom. The summed E-state index contributed by atoms with van der Waals surface area (Å²) in [5.74, 6) is -0.989. The summed E-state index contributed by atoms with van der Waals surface area (Å²) in [6.45, 7) is 0.767. The lowest BCUT2D eigenvalue weighted by Gasteiger charge is -2.15. The zero-order chi connectivity index (χ0) is 22.0. The molecule has 1 heterocycles. The maximum Gasteiger partial charge on any atom is 0.269 e. The fraction of sp³-hybridized carbons (Fsp3) is 0.167. The molecule has 1 unspecified atom stereocenters. The average molecular weight is 414 g/mol. The molecule has 1 aliphatic heterocycles. The number of nitrogens with one attached hydrogen (secondary N) is 1. The highest BCUT2D eigenvalue weighted by Gasteiger charge is 2.36. The number of non-ortho nitro benzene ring substituents is 1. The first-order valence-electron chi connectivity index (χ1n) is 9.89. The van der Waals surface area contributed by atoms with Crippen molar-refractivity contribution < 1.29 is 9.72 Å². The monoisotopic (exact) mass is 414 g/mol. The van der Waals surface area contributed by atoms with Crippen LogP contribution in [0.5, 0.6) is 0 Å². The summed E-state index contributed by atoms with van der Waals surface area (Å²) in [5, 5.41) is 14.1. The van der Waals surface area contributed by atoms with E-state index in [2.05, 4.69) is 10.2 Å². The number of hydrogen-bond donors (Lipinski definition) is 1. The molecule has 0 bridgehead atoms. The largest absolute Gasteiger partial charge is 0.325 e. The van der Waals surface area contributed by atoms with Crippen LogP contribution in [0.4, 0.5) is 17.1 Å². The van der Waals surface area contributed by atoms with Crippen LogP contribution in [0, 0.1) is 10.1 Å². The number of hydrogen-bond acceptors (Lipinski definition) is 5. The Labute approximate surface area is 180 Å². The Morgan fingerprint density at radius 1 is 1.06 bits per heavy atom. The molecule has 0 saturated carbocycles. The summed E-state index contributed by atoms with van der Waals surface area (Å²) in [6.07, 6.45) is 0. The molecule has 3 aromatic carbocycles. The molecular formula is C24H22N4O3. The van der Waals surface area contributed by atoms with Gasteiger partial charge in [0, 0.05) is 29.9 Å². The molecule has 7 nitrogen and oxygen atoms in total. The quantitative estimate of drug-likeness (QED) is 0.365. The smallest absolute Gasteiger partial charge is 0.269 e. The lowest BCUT2D eigenvalue weighted by molar-refractivity contribution is -0.384. The molecule has 0 fully saturated rings. The van der Waals surface area contributed by atoms with Gasteiger partial charge < -0.3 is 10.2 Å². The van der Waals surface area contributed by atoms with E-state index in [0.717, 1.165) is 23.4 Å². The van der Waals surface area contributed by atoms with Gasteiger partial charge in [-0.25, -0.2) is 0 Å². The summed E-state index contributed by atoms with van der Waals surface area (Å²) < 4.78 is 0. The second-order valence-electron chi connectivity index (χ2n) is 7.72. The third-order valence-corrected chi connectivity index (χ3v) is 5.08. The lowest BCUT2D eigenvalue weighted by Crippen LogP contribution is -2.22. The Balaban J connectivity index is 1.85. The maximum atomic E-state index is 13.0. The fourth-order valence-electron chi connectivity index (χ4n) is 3.77. The molecule has 1 N–H and O–H groups in total.